The summed E-state index contributed by atoms with van der Waals surface area (Å²) in [6.45, 7) is 2.19. The normalized spacial score (nSPS) is 14.5. The molecule has 17 heavy (non-hydrogen) atoms. The lowest BCUT2D eigenvalue weighted by atomic mass is 10.1. The van der Waals surface area contributed by atoms with Crippen molar-refractivity contribution in [1.82, 2.24) is 0 Å². The molecule has 1 aromatic carbocycles. The Labute approximate surface area is 108 Å². The summed E-state index contributed by atoms with van der Waals surface area (Å²) in [5, 5.41) is 19.0. The number of thioether (sulfide) groups is 1. The van der Waals surface area contributed by atoms with Crippen LogP contribution in [0.5, 0.6) is 0 Å². The first-order valence-corrected chi connectivity index (χ1v) is 7.27. The van der Waals surface area contributed by atoms with Gasteiger partial charge in [-0.05, 0) is 18.4 Å². The van der Waals surface area contributed by atoms with E-state index in [0.29, 0.717) is 6.42 Å². The number of aliphatic hydroxyl groups excluding tert-OH is 2. The molecule has 0 bridgehead atoms. The number of hydrogen-bond acceptors (Lipinski definition) is 3. The Hall–Kier alpha value is -0.510. The van der Waals surface area contributed by atoms with Crippen molar-refractivity contribution in [3.63, 3.8) is 0 Å². The molecular weight excluding hydrogens is 232 g/mol. The number of hydrogen-bond donors (Lipinski definition) is 2. The van der Waals surface area contributed by atoms with Gasteiger partial charge in [0.2, 0.25) is 0 Å². The predicted octanol–water partition coefficient (Wildman–Crippen LogP) is 2.83. The second-order valence-electron chi connectivity index (χ2n) is 4.20. The molecule has 2 atom stereocenters. The van der Waals surface area contributed by atoms with Crippen molar-refractivity contribution in [2.24, 2.45) is 0 Å². The molecule has 0 radical (unpaired) electrons. The zero-order valence-electron chi connectivity index (χ0n) is 10.4. The molecule has 96 valence electrons. The monoisotopic (exact) mass is 254 g/mol. The molecule has 0 spiro atoms. The molecular formula is C14H22O2S. The van der Waals surface area contributed by atoms with E-state index in [2.05, 4.69) is 19.1 Å². The summed E-state index contributed by atoms with van der Waals surface area (Å²) in [6, 6.07) is 10.3. The Bertz CT molecular complexity index is 290. The lowest BCUT2D eigenvalue weighted by molar-refractivity contribution is 0.128. The van der Waals surface area contributed by atoms with Crippen molar-refractivity contribution >= 4 is 11.8 Å². The van der Waals surface area contributed by atoms with Gasteiger partial charge in [0, 0.05) is 17.6 Å². The summed E-state index contributed by atoms with van der Waals surface area (Å²) in [4.78, 5) is 0. The highest BCUT2D eigenvalue weighted by Gasteiger charge is 2.18. The Balaban J connectivity index is 2.43. The lowest BCUT2D eigenvalue weighted by Crippen LogP contribution is -2.24. The topological polar surface area (TPSA) is 40.5 Å². The summed E-state index contributed by atoms with van der Waals surface area (Å²) < 4.78 is 0. The molecule has 0 aliphatic carbocycles. The van der Waals surface area contributed by atoms with E-state index in [1.165, 1.54) is 5.56 Å². The minimum absolute atomic E-state index is 0.0628. The molecule has 0 saturated heterocycles. The van der Waals surface area contributed by atoms with Gasteiger partial charge in [0.15, 0.2) is 0 Å². The fourth-order valence-corrected chi connectivity index (χ4v) is 3.13. The maximum absolute atomic E-state index is 9.94. The van der Waals surface area contributed by atoms with Crippen molar-refractivity contribution in [2.45, 2.75) is 43.3 Å². The SMILES string of the molecule is CCC[C@@H](SCc1ccccc1)[C@@H](O)CCO. The van der Waals surface area contributed by atoms with Crippen LogP contribution in [0.2, 0.25) is 0 Å². The second kappa shape index (κ2) is 8.56. The summed E-state index contributed by atoms with van der Waals surface area (Å²) in [6.07, 6.45) is 2.15. The third-order valence-corrected chi connectivity index (χ3v) is 4.21. The van der Waals surface area contributed by atoms with E-state index in [9.17, 15) is 5.11 Å². The highest BCUT2D eigenvalue weighted by atomic mass is 32.2. The third-order valence-electron chi connectivity index (χ3n) is 2.73. The van der Waals surface area contributed by atoms with Crippen molar-refractivity contribution < 1.29 is 10.2 Å². The standard InChI is InChI=1S/C14H22O2S/c1-2-6-14(13(16)9-10-15)17-11-12-7-4-3-5-8-12/h3-5,7-8,13-16H,2,6,9-11H2,1H3/t13-,14+/m0/s1. The van der Waals surface area contributed by atoms with Crippen molar-refractivity contribution in [3.05, 3.63) is 35.9 Å². The molecule has 0 amide bonds. The van der Waals surface area contributed by atoms with Crippen LogP contribution in [0.3, 0.4) is 0 Å². The van der Waals surface area contributed by atoms with Gasteiger partial charge in [0.1, 0.15) is 0 Å². The van der Waals surface area contributed by atoms with Gasteiger partial charge in [0.05, 0.1) is 6.10 Å². The smallest absolute Gasteiger partial charge is 0.0680 e. The molecule has 1 rings (SSSR count). The van der Waals surface area contributed by atoms with Gasteiger partial charge in [-0.2, -0.15) is 11.8 Å². The largest absolute Gasteiger partial charge is 0.396 e. The van der Waals surface area contributed by atoms with Crippen LogP contribution < -0.4 is 0 Å². The first-order valence-electron chi connectivity index (χ1n) is 6.22. The minimum Gasteiger partial charge on any atom is -0.396 e. The van der Waals surface area contributed by atoms with E-state index in [1.807, 2.05) is 18.2 Å². The van der Waals surface area contributed by atoms with Gasteiger partial charge < -0.3 is 10.2 Å². The summed E-state index contributed by atoms with van der Waals surface area (Å²) >= 11 is 1.79. The molecule has 0 aliphatic heterocycles. The third kappa shape index (κ3) is 5.57. The molecule has 2 N–H and O–H groups in total. The maximum Gasteiger partial charge on any atom is 0.0680 e. The van der Waals surface area contributed by atoms with E-state index in [0.717, 1.165) is 18.6 Å². The average molecular weight is 254 g/mol. The lowest BCUT2D eigenvalue weighted by Gasteiger charge is -2.21. The van der Waals surface area contributed by atoms with Crippen LogP contribution in [0.25, 0.3) is 0 Å². The molecule has 1 aromatic rings. The number of benzene rings is 1. The number of aliphatic hydroxyl groups is 2. The highest BCUT2D eigenvalue weighted by Crippen LogP contribution is 2.25. The van der Waals surface area contributed by atoms with Crippen LogP contribution in [0.15, 0.2) is 30.3 Å². The van der Waals surface area contributed by atoms with Gasteiger partial charge in [-0.3, -0.25) is 0 Å². The zero-order chi connectivity index (χ0) is 12.5. The van der Waals surface area contributed by atoms with Crippen LogP contribution >= 0.6 is 11.8 Å². The van der Waals surface area contributed by atoms with E-state index in [-0.39, 0.29) is 11.9 Å². The van der Waals surface area contributed by atoms with E-state index in [1.54, 1.807) is 11.8 Å². The Morgan fingerprint density at radius 1 is 1.18 bits per heavy atom. The maximum atomic E-state index is 9.94. The first-order chi connectivity index (χ1) is 8.27. The number of rotatable bonds is 8. The Morgan fingerprint density at radius 2 is 1.88 bits per heavy atom. The van der Waals surface area contributed by atoms with Crippen LogP contribution in [-0.2, 0) is 5.75 Å². The zero-order valence-corrected chi connectivity index (χ0v) is 11.2. The predicted molar refractivity (Wildman–Crippen MR) is 74.1 cm³/mol. The van der Waals surface area contributed by atoms with Crippen LogP contribution in [-0.4, -0.2) is 28.2 Å². The van der Waals surface area contributed by atoms with Crippen LogP contribution in [0.1, 0.15) is 31.7 Å². The molecule has 3 heteroatoms. The molecule has 0 aliphatic rings. The van der Waals surface area contributed by atoms with Gasteiger partial charge in [-0.25, -0.2) is 0 Å². The van der Waals surface area contributed by atoms with E-state index < -0.39 is 6.10 Å². The van der Waals surface area contributed by atoms with Crippen LogP contribution in [0, 0.1) is 0 Å². The summed E-state index contributed by atoms with van der Waals surface area (Å²) in [5.41, 5.74) is 1.29. The molecule has 0 aromatic heterocycles. The van der Waals surface area contributed by atoms with E-state index >= 15 is 0 Å². The van der Waals surface area contributed by atoms with Gasteiger partial charge in [-0.15, -0.1) is 0 Å². The molecule has 2 nitrogen and oxygen atoms in total. The van der Waals surface area contributed by atoms with Crippen LogP contribution in [0.4, 0.5) is 0 Å². The van der Waals surface area contributed by atoms with Gasteiger partial charge in [-0.1, -0.05) is 43.7 Å². The highest BCUT2D eigenvalue weighted by molar-refractivity contribution is 7.99. The molecule has 0 fully saturated rings. The Kier molecular flexibility index (Phi) is 7.33. The first kappa shape index (κ1) is 14.6. The van der Waals surface area contributed by atoms with Crippen molar-refractivity contribution in [2.75, 3.05) is 6.61 Å². The second-order valence-corrected chi connectivity index (χ2v) is 5.43. The molecule has 0 heterocycles. The summed E-state index contributed by atoms with van der Waals surface area (Å²) in [5.74, 6) is 0.925. The fourth-order valence-electron chi connectivity index (χ4n) is 1.77. The average Bonchev–Trinajstić information content (AvgIpc) is 2.36. The quantitative estimate of drug-likeness (QED) is 0.749. The minimum atomic E-state index is -0.395. The van der Waals surface area contributed by atoms with E-state index in [4.69, 9.17) is 5.11 Å². The molecule has 0 saturated carbocycles. The summed E-state index contributed by atoms with van der Waals surface area (Å²) in [7, 11) is 0. The fraction of sp³-hybridized carbons (Fsp3) is 0.571. The van der Waals surface area contributed by atoms with Gasteiger partial charge in [0.25, 0.3) is 0 Å². The van der Waals surface area contributed by atoms with Gasteiger partial charge >= 0.3 is 0 Å². The van der Waals surface area contributed by atoms with Crippen molar-refractivity contribution in [1.29, 1.82) is 0 Å². The Morgan fingerprint density at radius 3 is 2.47 bits per heavy atom. The molecule has 0 unspecified atom stereocenters. The van der Waals surface area contributed by atoms with Crippen molar-refractivity contribution in [3.8, 4) is 0 Å².